The van der Waals surface area contributed by atoms with E-state index in [-0.39, 0.29) is 23.4 Å². The van der Waals surface area contributed by atoms with Crippen molar-refractivity contribution in [2.45, 2.75) is 89.3 Å². The van der Waals surface area contributed by atoms with Gasteiger partial charge in [0.25, 0.3) is 0 Å². The average Bonchev–Trinajstić information content (AvgIpc) is 3.25. The number of hydrogen-bond donors (Lipinski definition) is 4. The molecule has 10 heteroatoms. The summed E-state index contributed by atoms with van der Waals surface area (Å²) in [6.45, 7) is 8.62. The van der Waals surface area contributed by atoms with Crippen molar-refractivity contribution in [2.24, 2.45) is 11.8 Å². The molecular weight excluding hydrogens is 739 g/mol. The van der Waals surface area contributed by atoms with E-state index in [1.54, 1.807) is 32.4 Å². The maximum absolute atomic E-state index is 14.9. The van der Waals surface area contributed by atoms with Crippen LogP contribution in [-0.2, 0) is 20.7 Å². The van der Waals surface area contributed by atoms with Crippen molar-refractivity contribution in [3.05, 3.63) is 119 Å². The van der Waals surface area contributed by atoms with Crippen LogP contribution in [0.3, 0.4) is 0 Å². The maximum atomic E-state index is 14.9. The smallest absolute Gasteiger partial charge is 0.169 e. The Morgan fingerprint density at radius 3 is 1.83 bits per heavy atom. The van der Waals surface area contributed by atoms with Crippen molar-refractivity contribution in [1.29, 1.82) is 0 Å². The van der Waals surface area contributed by atoms with Gasteiger partial charge in [-0.15, -0.1) is 0 Å². The highest BCUT2D eigenvalue weighted by atomic mass is 19.1. The monoisotopic (exact) mass is 802 g/mol. The zero-order valence-electron chi connectivity index (χ0n) is 34.8. The molecule has 2 aliphatic heterocycles. The van der Waals surface area contributed by atoms with E-state index in [1.807, 2.05) is 62.4 Å². The van der Waals surface area contributed by atoms with Crippen LogP contribution in [0.1, 0.15) is 86.5 Å². The van der Waals surface area contributed by atoms with Gasteiger partial charge in [-0.1, -0.05) is 54.1 Å². The van der Waals surface area contributed by atoms with Crippen LogP contribution >= 0.6 is 0 Å². The Labute approximate surface area is 344 Å². The van der Waals surface area contributed by atoms with E-state index in [4.69, 9.17) is 18.9 Å². The van der Waals surface area contributed by atoms with E-state index in [0.717, 1.165) is 87.7 Å². The summed E-state index contributed by atoms with van der Waals surface area (Å²) in [7, 11) is 3.37. The molecule has 0 aliphatic carbocycles. The highest BCUT2D eigenvalue weighted by Gasteiger charge is 2.42. The molecule has 316 valence electrons. The summed E-state index contributed by atoms with van der Waals surface area (Å²) >= 11 is 0. The lowest BCUT2D eigenvalue weighted by Gasteiger charge is -2.40. The summed E-state index contributed by atoms with van der Waals surface area (Å²) in [4.78, 5) is 0. The first-order valence-electron chi connectivity index (χ1n) is 21.0. The van der Waals surface area contributed by atoms with Gasteiger partial charge in [-0.25, -0.2) is 8.78 Å². The first-order chi connectivity index (χ1) is 28.1. The van der Waals surface area contributed by atoms with E-state index in [9.17, 15) is 19.0 Å². The average molecular weight is 803 g/mol. The van der Waals surface area contributed by atoms with Crippen LogP contribution in [0.15, 0.2) is 84.9 Å². The first-order valence-corrected chi connectivity index (χ1v) is 21.0. The summed E-state index contributed by atoms with van der Waals surface area (Å²) in [6.07, 6.45) is 8.45. The van der Waals surface area contributed by atoms with Gasteiger partial charge in [0.1, 0.15) is 23.1 Å². The molecular formula is C48H64F2N2O6. The van der Waals surface area contributed by atoms with Gasteiger partial charge in [-0.2, -0.15) is 0 Å². The Bertz CT molecular complexity index is 1830. The minimum Gasteiger partial charge on any atom is -0.457 e. The van der Waals surface area contributed by atoms with Gasteiger partial charge in [0.15, 0.2) is 11.6 Å². The molecule has 0 bridgehead atoms. The second-order valence-corrected chi connectivity index (χ2v) is 15.9. The number of rotatable bonds is 18. The van der Waals surface area contributed by atoms with Crippen LogP contribution in [0.25, 0.3) is 0 Å². The normalized spacial score (nSPS) is 19.0. The van der Waals surface area contributed by atoms with Gasteiger partial charge in [-0.05, 0) is 127 Å². The van der Waals surface area contributed by atoms with Gasteiger partial charge < -0.3 is 39.8 Å². The highest BCUT2D eigenvalue weighted by molar-refractivity contribution is 5.45. The number of unbranched alkanes of at least 4 members (excludes halogenated alkanes) is 2. The van der Waals surface area contributed by atoms with Crippen molar-refractivity contribution in [1.82, 2.24) is 10.6 Å². The number of aliphatic hydroxyl groups is 2. The lowest BCUT2D eigenvalue weighted by Crippen LogP contribution is -2.44. The molecule has 0 amide bonds. The molecule has 2 aliphatic rings. The van der Waals surface area contributed by atoms with Crippen LogP contribution in [0.5, 0.6) is 23.0 Å². The second-order valence-electron chi connectivity index (χ2n) is 15.9. The Hall–Kier alpha value is -3.90. The van der Waals surface area contributed by atoms with Crippen molar-refractivity contribution in [2.75, 3.05) is 53.6 Å². The van der Waals surface area contributed by atoms with Gasteiger partial charge in [0.05, 0.1) is 11.2 Å². The third-order valence-corrected chi connectivity index (χ3v) is 11.7. The molecule has 2 heterocycles. The Balaban J connectivity index is 0.000000221. The van der Waals surface area contributed by atoms with E-state index in [0.29, 0.717) is 55.4 Å². The third-order valence-electron chi connectivity index (χ3n) is 11.7. The third kappa shape index (κ3) is 12.1. The molecule has 0 saturated carbocycles. The number of halogens is 2. The molecule has 0 radical (unpaired) electrons. The van der Waals surface area contributed by atoms with Gasteiger partial charge in [-0.3, -0.25) is 0 Å². The SMILES string of the molecule is COCCCC[C@@](O)(c1cccc(F)c1Oc1ccc(C)cc1)[C@@H]1CCCNC1.COCCCC[C@@](O)(c1ccccc1Oc1cc(F)ccc1C)[C@@H]1CCCNC1. The predicted molar refractivity (Wildman–Crippen MR) is 226 cm³/mol. The highest BCUT2D eigenvalue weighted by Crippen LogP contribution is 2.45. The van der Waals surface area contributed by atoms with Crippen molar-refractivity contribution < 1.29 is 37.9 Å². The van der Waals surface area contributed by atoms with Crippen molar-refractivity contribution in [3.63, 3.8) is 0 Å². The Morgan fingerprint density at radius 2 is 1.24 bits per heavy atom. The molecule has 4 aromatic rings. The number of benzene rings is 4. The fraction of sp³-hybridized carbons (Fsp3) is 0.500. The quantitative estimate of drug-likeness (QED) is 0.0739. The molecule has 58 heavy (non-hydrogen) atoms. The molecule has 2 saturated heterocycles. The second kappa shape index (κ2) is 22.5. The predicted octanol–water partition coefficient (Wildman–Crippen LogP) is 9.86. The number of aryl methyl sites for hydroxylation is 2. The van der Waals surface area contributed by atoms with E-state index in [2.05, 4.69) is 10.6 Å². The van der Waals surface area contributed by atoms with E-state index >= 15 is 0 Å². The summed E-state index contributed by atoms with van der Waals surface area (Å²) < 4.78 is 51.1. The van der Waals surface area contributed by atoms with E-state index in [1.165, 1.54) is 18.2 Å². The molecule has 0 aromatic heterocycles. The largest absolute Gasteiger partial charge is 0.457 e. The van der Waals surface area contributed by atoms with Crippen LogP contribution in [0, 0.1) is 37.3 Å². The fourth-order valence-electron chi connectivity index (χ4n) is 8.31. The molecule has 4 aromatic carbocycles. The van der Waals surface area contributed by atoms with Gasteiger partial charge >= 0.3 is 0 Å². The van der Waals surface area contributed by atoms with Crippen molar-refractivity contribution >= 4 is 0 Å². The zero-order valence-corrected chi connectivity index (χ0v) is 34.8. The van der Waals surface area contributed by atoms with Crippen LogP contribution in [0.4, 0.5) is 8.78 Å². The summed E-state index contributed by atoms with van der Waals surface area (Å²) in [5.41, 5.74) is 1.08. The number of nitrogens with one attached hydrogen (secondary N) is 2. The summed E-state index contributed by atoms with van der Waals surface area (Å²) in [5.74, 6) is 1.04. The van der Waals surface area contributed by atoms with E-state index < -0.39 is 17.0 Å². The standard InChI is InChI=1S/2C24H32FNO3/c1-18-10-12-20(13-11-18)29-23-21(8-5-9-22(23)25)24(27,14-3-4-16-28-2)19-7-6-15-26-17-19;1-18-11-12-20(25)16-23(18)29-22-10-4-3-9-21(22)24(27,13-5-6-15-28-2)19-8-7-14-26-17-19/h5,8-13,19,26-27H,3-4,6-7,14-17H2,1-2H3;3-4,9-12,16,19,26-27H,5-8,13-15,17H2,1-2H3/t2*19-,24+/m11/s1. The topological polar surface area (TPSA) is 101 Å². The minimum absolute atomic E-state index is 0.000891. The fourth-order valence-corrected chi connectivity index (χ4v) is 8.31. The minimum atomic E-state index is -1.16. The van der Waals surface area contributed by atoms with Crippen molar-refractivity contribution in [3.8, 4) is 23.0 Å². The molecule has 6 rings (SSSR count). The first kappa shape index (κ1) is 45.2. The molecule has 8 nitrogen and oxygen atoms in total. The molecule has 0 unspecified atom stereocenters. The van der Waals surface area contributed by atoms with Gasteiger partial charge in [0, 0.05) is 69.6 Å². The number of para-hydroxylation sites is 2. The zero-order chi connectivity index (χ0) is 41.4. The van der Waals surface area contributed by atoms with Gasteiger partial charge in [0.2, 0.25) is 0 Å². The Morgan fingerprint density at radius 1 is 0.655 bits per heavy atom. The number of hydrogen-bond acceptors (Lipinski definition) is 8. The van der Waals surface area contributed by atoms with Crippen LogP contribution in [0.2, 0.25) is 0 Å². The van der Waals surface area contributed by atoms with Crippen LogP contribution in [-0.4, -0.2) is 63.8 Å². The molecule has 0 spiro atoms. The number of piperidine rings is 2. The number of ether oxygens (including phenoxy) is 4. The summed E-state index contributed by atoms with van der Waals surface area (Å²) in [6, 6.07) is 24.5. The number of methoxy groups -OCH3 is 2. The molecule has 4 N–H and O–H groups in total. The van der Waals surface area contributed by atoms with Crippen LogP contribution < -0.4 is 20.1 Å². The Kier molecular flexibility index (Phi) is 17.5. The lowest BCUT2D eigenvalue weighted by atomic mass is 9.74. The maximum Gasteiger partial charge on any atom is 0.169 e. The lowest BCUT2D eigenvalue weighted by molar-refractivity contribution is -0.0451. The molecule has 2 fully saturated rings. The molecule has 4 atom stereocenters. The summed E-state index contributed by atoms with van der Waals surface area (Å²) in [5, 5.41) is 30.7.